The van der Waals surface area contributed by atoms with E-state index < -0.39 is 5.97 Å². The van der Waals surface area contributed by atoms with Crippen molar-refractivity contribution < 1.29 is 19.8 Å². The first-order valence-corrected chi connectivity index (χ1v) is 5.89. The first kappa shape index (κ1) is 13.4. The fourth-order valence-electron chi connectivity index (χ4n) is 1.10. The van der Waals surface area contributed by atoms with Gasteiger partial charge in [0, 0.05) is 12.8 Å². The highest BCUT2D eigenvalue weighted by atomic mass is 32.1. The van der Waals surface area contributed by atoms with Gasteiger partial charge in [-0.25, -0.2) is 0 Å². The molecule has 0 atom stereocenters. The number of ketones is 1. The molecule has 0 spiro atoms. The third kappa shape index (κ3) is 4.81. The Morgan fingerprint density at radius 1 is 1.29 bits per heavy atom. The lowest BCUT2D eigenvalue weighted by atomic mass is 10.2. The van der Waals surface area contributed by atoms with Gasteiger partial charge >= 0.3 is 5.97 Å². The van der Waals surface area contributed by atoms with Gasteiger partial charge < -0.3 is 10.2 Å². The molecule has 0 aliphatic heterocycles. The monoisotopic (exact) mass is 252 g/mol. The SMILES string of the molecule is O=C(O)CCC(=O)c1ccc(C#CCCO)s1. The minimum atomic E-state index is -0.974. The van der Waals surface area contributed by atoms with Gasteiger partial charge in [0.2, 0.25) is 0 Å². The number of Topliss-reactive ketones (excluding diaryl/α,β-unsaturated/α-hetero) is 1. The first-order chi connectivity index (χ1) is 8.13. The van der Waals surface area contributed by atoms with E-state index in [0.29, 0.717) is 11.3 Å². The Morgan fingerprint density at radius 3 is 2.71 bits per heavy atom. The van der Waals surface area contributed by atoms with Crippen molar-refractivity contribution in [2.75, 3.05) is 6.61 Å². The molecule has 0 bridgehead atoms. The summed E-state index contributed by atoms with van der Waals surface area (Å²) in [6, 6.07) is 3.38. The molecule has 1 aromatic rings. The number of carboxylic acids is 1. The van der Waals surface area contributed by atoms with E-state index in [0.717, 1.165) is 4.88 Å². The van der Waals surface area contributed by atoms with Crippen molar-refractivity contribution in [2.45, 2.75) is 19.3 Å². The minimum absolute atomic E-state index is 0.0132. The van der Waals surface area contributed by atoms with Gasteiger partial charge in [0.05, 0.1) is 22.8 Å². The Kier molecular flexibility index (Phi) is 5.40. The summed E-state index contributed by atoms with van der Waals surface area (Å²) in [5.41, 5.74) is 0. The summed E-state index contributed by atoms with van der Waals surface area (Å²) >= 11 is 1.25. The van der Waals surface area contributed by atoms with Crippen LogP contribution in [0.25, 0.3) is 0 Å². The van der Waals surface area contributed by atoms with Crippen LogP contribution < -0.4 is 0 Å². The lowest BCUT2D eigenvalue weighted by Crippen LogP contribution is -2.01. The second kappa shape index (κ2) is 6.84. The van der Waals surface area contributed by atoms with Crippen molar-refractivity contribution >= 4 is 23.1 Å². The summed E-state index contributed by atoms with van der Waals surface area (Å²) in [5.74, 6) is 4.44. The normalized spacial score (nSPS) is 9.47. The number of aliphatic hydroxyl groups is 1. The molecular formula is C12H12O4S. The molecule has 0 aliphatic carbocycles. The highest BCUT2D eigenvalue weighted by Crippen LogP contribution is 2.17. The van der Waals surface area contributed by atoms with Crippen molar-refractivity contribution in [3.63, 3.8) is 0 Å². The standard InChI is InChI=1S/C12H12O4S/c13-8-2-1-3-9-4-6-11(17-9)10(14)5-7-12(15)16/h4,6,13H,2,5,7-8H2,(H,15,16). The van der Waals surface area contributed by atoms with Gasteiger partial charge in [-0.1, -0.05) is 11.8 Å². The van der Waals surface area contributed by atoms with Crippen LogP contribution in [-0.2, 0) is 4.79 Å². The summed E-state index contributed by atoms with van der Waals surface area (Å²) in [6.07, 6.45) is 0.266. The number of carboxylic acid groups (broad SMARTS) is 1. The molecule has 0 saturated carbocycles. The van der Waals surface area contributed by atoms with E-state index in [1.807, 2.05) is 0 Å². The molecule has 1 rings (SSSR count). The summed E-state index contributed by atoms with van der Waals surface area (Å²) < 4.78 is 0. The first-order valence-electron chi connectivity index (χ1n) is 5.08. The zero-order valence-corrected chi connectivity index (χ0v) is 9.92. The smallest absolute Gasteiger partial charge is 0.303 e. The van der Waals surface area contributed by atoms with Crippen LogP contribution in [0.3, 0.4) is 0 Å². The summed E-state index contributed by atoms with van der Waals surface area (Å²) in [7, 11) is 0. The van der Waals surface area contributed by atoms with E-state index in [-0.39, 0.29) is 25.2 Å². The van der Waals surface area contributed by atoms with Crippen LogP contribution in [0.1, 0.15) is 33.8 Å². The average Bonchev–Trinajstić information content (AvgIpc) is 2.75. The quantitative estimate of drug-likeness (QED) is 0.615. The molecule has 1 aromatic heterocycles. The van der Waals surface area contributed by atoms with Crippen LogP contribution in [0.15, 0.2) is 12.1 Å². The van der Waals surface area contributed by atoms with E-state index in [1.165, 1.54) is 11.3 Å². The number of thiophene rings is 1. The molecule has 0 saturated heterocycles. The molecule has 2 N–H and O–H groups in total. The lowest BCUT2D eigenvalue weighted by molar-refractivity contribution is -0.136. The number of carbonyl (C=O) groups is 2. The van der Waals surface area contributed by atoms with Crippen molar-refractivity contribution in [1.29, 1.82) is 0 Å². The second-order valence-corrected chi connectivity index (χ2v) is 4.34. The van der Waals surface area contributed by atoms with Gasteiger partial charge in [0.1, 0.15) is 0 Å². The maximum Gasteiger partial charge on any atom is 0.303 e. The molecule has 0 amide bonds. The van der Waals surface area contributed by atoms with E-state index in [2.05, 4.69) is 11.8 Å². The van der Waals surface area contributed by atoms with Crippen LogP contribution >= 0.6 is 11.3 Å². The zero-order valence-electron chi connectivity index (χ0n) is 9.10. The number of aliphatic hydroxyl groups excluding tert-OH is 1. The van der Waals surface area contributed by atoms with Gasteiger partial charge in [-0.2, -0.15) is 0 Å². The minimum Gasteiger partial charge on any atom is -0.481 e. The molecule has 0 unspecified atom stereocenters. The number of rotatable bonds is 5. The zero-order chi connectivity index (χ0) is 12.7. The van der Waals surface area contributed by atoms with Crippen LogP contribution in [0.4, 0.5) is 0 Å². The number of carbonyl (C=O) groups excluding carboxylic acids is 1. The van der Waals surface area contributed by atoms with Gasteiger partial charge in [-0.3, -0.25) is 9.59 Å². The lowest BCUT2D eigenvalue weighted by Gasteiger charge is -1.93. The molecule has 0 aromatic carbocycles. The van der Waals surface area contributed by atoms with E-state index in [4.69, 9.17) is 10.2 Å². The Morgan fingerprint density at radius 2 is 2.06 bits per heavy atom. The Bertz CT molecular complexity index is 464. The van der Waals surface area contributed by atoms with Crippen molar-refractivity contribution in [3.8, 4) is 11.8 Å². The van der Waals surface area contributed by atoms with Gasteiger partial charge in [-0.05, 0) is 12.1 Å². The van der Waals surface area contributed by atoms with Gasteiger partial charge in [-0.15, -0.1) is 11.3 Å². The molecule has 4 nitrogen and oxygen atoms in total. The van der Waals surface area contributed by atoms with Crippen LogP contribution in [-0.4, -0.2) is 28.6 Å². The molecule has 1 heterocycles. The average molecular weight is 252 g/mol. The van der Waals surface area contributed by atoms with Crippen molar-refractivity contribution in [2.24, 2.45) is 0 Å². The third-order valence-corrected chi connectivity index (χ3v) is 2.94. The molecule has 17 heavy (non-hydrogen) atoms. The Balaban J connectivity index is 2.59. The van der Waals surface area contributed by atoms with Crippen molar-refractivity contribution in [1.82, 2.24) is 0 Å². The fourth-order valence-corrected chi connectivity index (χ4v) is 1.95. The molecular weight excluding hydrogens is 240 g/mol. The largest absolute Gasteiger partial charge is 0.481 e. The van der Waals surface area contributed by atoms with Gasteiger partial charge in [0.15, 0.2) is 5.78 Å². The van der Waals surface area contributed by atoms with Crippen molar-refractivity contribution in [3.05, 3.63) is 21.9 Å². The Labute approximate surface area is 103 Å². The van der Waals surface area contributed by atoms with Crippen LogP contribution in [0.5, 0.6) is 0 Å². The topological polar surface area (TPSA) is 74.6 Å². The number of aliphatic carboxylic acids is 1. The Hall–Kier alpha value is -1.64. The number of hydrogen-bond donors (Lipinski definition) is 2. The fraction of sp³-hybridized carbons (Fsp3) is 0.333. The molecule has 0 fully saturated rings. The summed E-state index contributed by atoms with van der Waals surface area (Å²) in [5, 5.41) is 17.0. The predicted molar refractivity (Wildman–Crippen MR) is 64.1 cm³/mol. The number of hydrogen-bond acceptors (Lipinski definition) is 4. The highest BCUT2D eigenvalue weighted by Gasteiger charge is 2.10. The van der Waals surface area contributed by atoms with Gasteiger partial charge in [0.25, 0.3) is 0 Å². The van der Waals surface area contributed by atoms with Crippen LogP contribution in [0, 0.1) is 11.8 Å². The predicted octanol–water partition coefficient (Wildman–Crippen LogP) is 1.53. The molecule has 0 radical (unpaired) electrons. The maximum atomic E-state index is 11.6. The van der Waals surface area contributed by atoms with Crippen LogP contribution in [0.2, 0.25) is 0 Å². The van der Waals surface area contributed by atoms with E-state index in [1.54, 1.807) is 12.1 Å². The summed E-state index contributed by atoms with van der Waals surface area (Å²) in [6.45, 7) is 0.0166. The second-order valence-electron chi connectivity index (χ2n) is 3.26. The van der Waals surface area contributed by atoms with E-state index >= 15 is 0 Å². The maximum absolute atomic E-state index is 11.6. The molecule has 90 valence electrons. The third-order valence-electron chi connectivity index (χ3n) is 1.90. The highest BCUT2D eigenvalue weighted by molar-refractivity contribution is 7.14. The summed E-state index contributed by atoms with van der Waals surface area (Å²) in [4.78, 5) is 23.1. The molecule has 5 heteroatoms. The molecule has 0 aliphatic rings. The van der Waals surface area contributed by atoms with E-state index in [9.17, 15) is 9.59 Å².